The van der Waals surface area contributed by atoms with Gasteiger partial charge in [0.2, 0.25) is 11.8 Å². The molecule has 2 aromatic heterocycles. The van der Waals surface area contributed by atoms with Crippen molar-refractivity contribution in [3.05, 3.63) is 59.6 Å². The third-order valence-corrected chi connectivity index (χ3v) is 5.98. The van der Waals surface area contributed by atoms with E-state index in [1.54, 1.807) is 13.0 Å². The zero-order valence-electron chi connectivity index (χ0n) is 18.5. The largest absolute Gasteiger partial charge is 0.462 e. The fourth-order valence-corrected chi connectivity index (χ4v) is 4.06. The van der Waals surface area contributed by atoms with Gasteiger partial charge in [-0.25, -0.2) is 14.8 Å². The highest BCUT2D eigenvalue weighted by Gasteiger charge is 2.30. The molecule has 0 bridgehead atoms. The molecule has 0 fully saturated rings. The number of benzene rings is 1. The summed E-state index contributed by atoms with van der Waals surface area (Å²) < 4.78 is 10.5. The number of carbonyl (C=O) groups excluding carboxylic acids is 3. The maximum Gasteiger partial charge on any atom is 0.342 e. The third-order valence-electron chi connectivity index (χ3n) is 4.68. The van der Waals surface area contributed by atoms with Crippen LogP contribution in [0, 0.1) is 6.92 Å². The highest BCUT2D eigenvalue weighted by molar-refractivity contribution is 8.00. The van der Waals surface area contributed by atoms with Gasteiger partial charge < -0.3 is 14.9 Å². The van der Waals surface area contributed by atoms with Crippen molar-refractivity contribution in [1.29, 1.82) is 0 Å². The molecule has 0 spiro atoms. The molecular formula is C23H24N4O5S. The maximum atomic E-state index is 13.0. The molecule has 0 saturated carbocycles. The summed E-state index contributed by atoms with van der Waals surface area (Å²) in [4.78, 5) is 45.8. The number of ether oxygens (including phenoxy) is 1. The average Bonchev–Trinajstić information content (AvgIpc) is 3.14. The first-order valence-electron chi connectivity index (χ1n) is 10.3. The Morgan fingerprint density at radius 3 is 2.52 bits per heavy atom. The van der Waals surface area contributed by atoms with Crippen molar-refractivity contribution in [3.63, 3.8) is 0 Å². The van der Waals surface area contributed by atoms with Crippen molar-refractivity contribution in [1.82, 2.24) is 9.97 Å². The Labute approximate surface area is 195 Å². The number of aryl methyl sites for hydroxylation is 1. The quantitative estimate of drug-likeness (QED) is 0.275. The molecule has 0 aliphatic heterocycles. The highest BCUT2D eigenvalue weighted by Crippen LogP contribution is 2.31. The molecular weight excluding hydrogens is 444 g/mol. The van der Waals surface area contributed by atoms with E-state index in [0.717, 1.165) is 11.3 Å². The Bertz CT molecular complexity index is 1160. The minimum atomic E-state index is -0.908. The van der Waals surface area contributed by atoms with Crippen LogP contribution in [0.3, 0.4) is 0 Å². The summed E-state index contributed by atoms with van der Waals surface area (Å²) in [5.74, 6) is -2.13. The summed E-state index contributed by atoms with van der Waals surface area (Å²) in [6, 6.07) is 11.4. The molecule has 10 heteroatoms. The van der Waals surface area contributed by atoms with Crippen molar-refractivity contribution >= 4 is 35.4 Å². The lowest BCUT2D eigenvalue weighted by Crippen LogP contribution is -2.26. The van der Waals surface area contributed by atoms with Gasteiger partial charge in [0.05, 0.1) is 17.6 Å². The standard InChI is InChI=1S/C23H24N4O5S/c1-4-16(33-17-11-15(25-12-26-17)14-9-7-6-8-10-14)21(29)27-22-19(20(24)28)18(13(3)32-22)23(30)31-5-2/h6-12,16H,4-5H2,1-3H3,(H2,24,28)(H,27,29). The van der Waals surface area contributed by atoms with Gasteiger partial charge in [0.1, 0.15) is 28.2 Å². The van der Waals surface area contributed by atoms with Gasteiger partial charge in [0.15, 0.2) is 0 Å². The molecule has 0 radical (unpaired) electrons. The van der Waals surface area contributed by atoms with Gasteiger partial charge in [-0.15, -0.1) is 0 Å². The molecule has 9 nitrogen and oxygen atoms in total. The molecule has 3 N–H and O–H groups in total. The van der Waals surface area contributed by atoms with Gasteiger partial charge in [-0.1, -0.05) is 49.0 Å². The average molecular weight is 469 g/mol. The number of hydrogen-bond donors (Lipinski definition) is 2. The number of carbonyl (C=O) groups is 3. The molecule has 3 aromatic rings. The van der Waals surface area contributed by atoms with Crippen LogP contribution in [0.4, 0.5) is 5.88 Å². The number of hydrogen-bond acceptors (Lipinski definition) is 8. The van der Waals surface area contributed by atoms with Crippen LogP contribution in [0.15, 0.2) is 52.2 Å². The first kappa shape index (κ1) is 24.0. The number of amides is 2. The highest BCUT2D eigenvalue weighted by atomic mass is 32.2. The second kappa shape index (κ2) is 10.8. The molecule has 0 aliphatic rings. The summed E-state index contributed by atoms with van der Waals surface area (Å²) in [6.45, 7) is 5.09. The van der Waals surface area contributed by atoms with Crippen molar-refractivity contribution < 1.29 is 23.5 Å². The molecule has 1 unspecified atom stereocenters. The SMILES string of the molecule is CCOC(=O)c1c(C)oc(NC(=O)C(CC)Sc2cc(-c3ccccc3)ncn2)c1C(N)=O. The zero-order chi connectivity index (χ0) is 24.0. The number of esters is 1. The molecule has 2 heterocycles. The van der Waals surface area contributed by atoms with E-state index in [9.17, 15) is 14.4 Å². The van der Waals surface area contributed by atoms with E-state index >= 15 is 0 Å². The first-order chi connectivity index (χ1) is 15.8. The Hall–Kier alpha value is -3.66. The fraction of sp³-hybridized carbons (Fsp3) is 0.261. The number of primary amides is 1. The lowest BCUT2D eigenvalue weighted by Gasteiger charge is -2.14. The molecule has 33 heavy (non-hydrogen) atoms. The Morgan fingerprint density at radius 2 is 1.88 bits per heavy atom. The summed E-state index contributed by atoms with van der Waals surface area (Å²) in [7, 11) is 0. The summed E-state index contributed by atoms with van der Waals surface area (Å²) in [6.07, 6.45) is 1.92. The maximum absolute atomic E-state index is 13.0. The number of aromatic nitrogens is 2. The Kier molecular flexibility index (Phi) is 7.83. The van der Waals surface area contributed by atoms with Crippen LogP contribution < -0.4 is 11.1 Å². The summed E-state index contributed by atoms with van der Waals surface area (Å²) in [5, 5.41) is 2.65. The van der Waals surface area contributed by atoms with Gasteiger partial charge in [-0.3, -0.25) is 14.9 Å². The third kappa shape index (κ3) is 5.58. The van der Waals surface area contributed by atoms with E-state index in [1.165, 1.54) is 25.0 Å². The number of rotatable bonds is 9. The van der Waals surface area contributed by atoms with Crippen LogP contribution in [0.5, 0.6) is 0 Å². The molecule has 3 rings (SSSR count). The van der Waals surface area contributed by atoms with E-state index < -0.39 is 23.0 Å². The van der Waals surface area contributed by atoms with Crippen molar-refractivity contribution in [2.24, 2.45) is 5.73 Å². The zero-order valence-corrected chi connectivity index (χ0v) is 19.3. The lowest BCUT2D eigenvalue weighted by atomic mass is 10.1. The number of furan rings is 1. The van der Waals surface area contributed by atoms with E-state index in [0.29, 0.717) is 11.4 Å². The fourth-order valence-electron chi connectivity index (χ4n) is 3.15. The number of nitrogens with zero attached hydrogens (tertiary/aromatic N) is 2. The summed E-state index contributed by atoms with van der Waals surface area (Å²) >= 11 is 1.25. The second-order valence-electron chi connectivity index (χ2n) is 6.93. The van der Waals surface area contributed by atoms with Crippen molar-refractivity contribution in [3.8, 4) is 11.3 Å². The van der Waals surface area contributed by atoms with Crippen LogP contribution in [-0.4, -0.2) is 39.6 Å². The van der Waals surface area contributed by atoms with Crippen molar-refractivity contribution in [2.45, 2.75) is 37.5 Å². The number of anilines is 1. The number of nitrogens with one attached hydrogen (secondary N) is 1. The van der Waals surface area contributed by atoms with E-state index in [4.69, 9.17) is 14.9 Å². The minimum absolute atomic E-state index is 0.0938. The first-order valence-corrected chi connectivity index (χ1v) is 11.2. The minimum Gasteiger partial charge on any atom is -0.462 e. The van der Waals surface area contributed by atoms with Crippen LogP contribution in [-0.2, 0) is 9.53 Å². The molecule has 0 saturated heterocycles. The molecule has 0 aliphatic carbocycles. The van der Waals surface area contributed by atoms with Crippen LogP contribution >= 0.6 is 11.8 Å². The predicted octanol–water partition coefficient (Wildman–Crippen LogP) is 3.83. The van der Waals surface area contributed by atoms with Crippen LogP contribution in [0.2, 0.25) is 0 Å². The van der Waals surface area contributed by atoms with Crippen molar-refractivity contribution in [2.75, 3.05) is 11.9 Å². The van der Waals surface area contributed by atoms with Gasteiger partial charge in [0, 0.05) is 5.56 Å². The van der Waals surface area contributed by atoms with Crippen LogP contribution in [0.1, 0.15) is 46.7 Å². The van der Waals surface area contributed by atoms with E-state index in [1.807, 2.05) is 37.3 Å². The number of nitrogens with two attached hydrogens (primary N) is 1. The second-order valence-corrected chi connectivity index (χ2v) is 8.16. The molecule has 1 atom stereocenters. The monoisotopic (exact) mass is 468 g/mol. The van der Waals surface area contributed by atoms with Gasteiger partial charge in [0.25, 0.3) is 5.91 Å². The summed E-state index contributed by atoms with van der Waals surface area (Å²) in [5.41, 5.74) is 6.82. The van der Waals surface area contributed by atoms with E-state index in [2.05, 4.69) is 15.3 Å². The number of thioether (sulfide) groups is 1. The Morgan fingerprint density at radius 1 is 1.15 bits per heavy atom. The van der Waals surface area contributed by atoms with Gasteiger partial charge >= 0.3 is 5.97 Å². The van der Waals surface area contributed by atoms with Gasteiger partial charge in [-0.05, 0) is 26.3 Å². The molecule has 2 amide bonds. The topological polar surface area (TPSA) is 137 Å². The predicted molar refractivity (Wildman–Crippen MR) is 124 cm³/mol. The lowest BCUT2D eigenvalue weighted by molar-refractivity contribution is -0.115. The normalized spacial score (nSPS) is 11.6. The molecule has 172 valence electrons. The van der Waals surface area contributed by atoms with Crippen LogP contribution in [0.25, 0.3) is 11.3 Å². The van der Waals surface area contributed by atoms with E-state index in [-0.39, 0.29) is 29.4 Å². The molecule has 1 aromatic carbocycles. The van der Waals surface area contributed by atoms with Gasteiger partial charge in [-0.2, -0.15) is 0 Å². The smallest absolute Gasteiger partial charge is 0.342 e. The Balaban J connectivity index is 1.82.